The first-order valence-corrected chi connectivity index (χ1v) is 15.1. The number of hydrogen-bond donors (Lipinski definition) is 1. The van der Waals surface area contributed by atoms with E-state index in [-0.39, 0.29) is 61.9 Å². The molecule has 2 aliphatic rings. The van der Waals surface area contributed by atoms with E-state index in [0.717, 1.165) is 18.2 Å². The lowest BCUT2D eigenvalue weighted by Gasteiger charge is -2.38. The van der Waals surface area contributed by atoms with Crippen LogP contribution in [0.3, 0.4) is 0 Å². The Balaban J connectivity index is 1.79. The van der Waals surface area contributed by atoms with Gasteiger partial charge < -0.3 is 10.0 Å². The highest BCUT2D eigenvalue weighted by Crippen LogP contribution is 2.54. The molecule has 1 saturated carbocycles. The molecule has 0 spiro atoms. The first kappa shape index (κ1) is 33.7. The molecule has 242 valence electrons. The fourth-order valence-electron chi connectivity index (χ4n) is 6.16. The third-order valence-electron chi connectivity index (χ3n) is 9.02. The summed E-state index contributed by atoms with van der Waals surface area (Å²) in [6.45, 7) is 2.19. The van der Waals surface area contributed by atoms with Gasteiger partial charge in [0.25, 0.3) is 0 Å². The number of benzene rings is 2. The number of nitrogens with zero attached hydrogens (tertiary/aromatic N) is 1. The van der Waals surface area contributed by atoms with Gasteiger partial charge in [-0.1, -0.05) is 31.2 Å². The molecule has 0 aromatic heterocycles. The fraction of sp³-hybridized carbons (Fsp3) is 0.517. The summed E-state index contributed by atoms with van der Waals surface area (Å²) >= 11 is 0. The number of amides is 1. The number of carbonyl (C=O) groups is 2. The van der Waals surface area contributed by atoms with Gasteiger partial charge in [0.15, 0.2) is 9.84 Å². The predicted octanol–water partition coefficient (Wildman–Crippen LogP) is 6.61. The molecule has 0 unspecified atom stereocenters. The van der Waals surface area contributed by atoms with Crippen molar-refractivity contribution in [2.75, 3.05) is 13.1 Å². The largest absolute Gasteiger partial charge is 0.481 e. The van der Waals surface area contributed by atoms with E-state index in [1.54, 1.807) is 6.92 Å². The molecular weight excluding hydrogens is 626 g/mol. The zero-order valence-corrected chi connectivity index (χ0v) is 24.3. The van der Waals surface area contributed by atoms with Crippen LogP contribution in [0.25, 0.3) is 0 Å². The molecule has 44 heavy (non-hydrogen) atoms. The fourth-order valence-corrected chi connectivity index (χ4v) is 8.33. The SMILES string of the molecule is Cc1cc(S(=O)(=O)[C@@]2(c3ccc(C(F)(C(F)(F)F)C(F)(F)F)cc3)CCN(C(=O)C3(C)CCC(C(=O)O)CC3)C2)ccc1F. The number of carboxylic acids is 1. The summed E-state index contributed by atoms with van der Waals surface area (Å²) in [6, 6.07) is 4.67. The number of aryl methyl sites for hydroxylation is 1. The average Bonchev–Trinajstić information content (AvgIpc) is 3.40. The van der Waals surface area contributed by atoms with Crippen molar-refractivity contribution >= 4 is 21.7 Å². The molecule has 6 nitrogen and oxygen atoms in total. The van der Waals surface area contributed by atoms with E-state index in [9.17, 15) is 58.2 Å². The summed E-state index contributed by atoms with van der Waals surface area (Å²) in [4.78, 5) is 25.9. The molecule has 1 N–H and O–H groups in total. The van der Waals surface area contributed by atoms with Crippen LogP contribution in [-0.2, 0) is 29.8 Å². The van der Waals surface area contributed by atoms with Gasteiger partial charge in [-0.2, -0.15) is 26.3 Å². The number of halogens is 8. The van der Waals surface area contributed by atoms with E-state index in [2.05, 4.69) is 0 Å². The molecule has 1 atom stereocenters. The molecule has 2 aromatic rings. The first-order chi connectivity index (χ1) is 20.1. The number of likely N-dealkylation sites (tertiary alicyclic amines) is 1. The number of rotatable bonds is 6. The Morgan fingerprint density at radius 3 is 1.93 bits per heavy atom. The van der Waals surface area contributed by atoms with Crippen molar-refractivity contribution in [3.8, 4) is 0 Å². The second-order valence-corrected chi connectivity index (χ2v) is 14.0. The van der Waals surface area contributed by atoms with Gasteiger partial charge in [-0.05, 0) is 68.4 Å². The Kier molecular flexibility index (Phi) is 8.40. The van der Waals surface area contributed by atoms with Crippen molar-refractivity contribution in [2.45, 2.75) is 73.6 Å². The lowest BCUT2D eigenvalue weighted by molar-refractivity contribution is -0.348. The molecule has 4 rings (SSSR count). The topological polar surface area (TPSA) is 91.8 Å². The Morgan fingerprint density at radius 2 is 1.45 bits per heavy atom. The van der Waals surface area contributed by atoms with Gasteiger partial charge in [-0.25, -0.2) is 17.2 Å². The van der Waals surface area contributed by atoms with E-state index < -0.39 is 78.6 Å². The number of sulfone groups is 1. The molecule has 2 aromatic carbocycles. The summed E-state index contributed by atoms with van der Waals surface area (Å²) in [6.07, 6.45) is -12.3. The maximum atomic E-state index is 14.7. The van der Waals surface area contributed by atoms with Gasteiger partial charge in [0.05, 0.1) is 10.8 Å². The van der Waals surface area contributed by atoms with Gasteiger partial charge in [-0.15, -0.1) is 0 Å². The maximum absolute atomic E-state index is 14.7. The molecule has 0 bridgehead atoms. The molecule has 1 saturated heterocycles. The molecule has 0 radical (unpaired) electrons. The van der Waals surface area contributed by atoms with Crippen LogP contribution >= 0.6 is 0 Å². The van der Waals surface area contributed by atoms with Crippen LogP contribution in [0, 0.1) is 24.1 Å². The van der Waals surface area contributed by atoms with Crippen molar-refractivity contribution in [1.29, 1.82) is 0 Å². The monoisotopic (exact) mass is 655 g/mol. The normalized spacial score (nSPS) is 25.2. The van der Waals surface area contributed by atoms with Crippen LogP contribution in [0.15, 0.2) is 47.4 Å². The minimum atomic E-state index is -6.38. The van der Waals surface area contributed by atoms with Crippen LogP contribution in [0.2, 0.25) is 0 Å². The van der Waals surface area contributed by atoms with E-state index in [1.165, 1.54) is 11.8 Å². The number of alkyl halides is 7. The van der Waals surface area contributed by atoms with Gasteiger partial charge in [0.2, 0.25) is 5.91 Å². The van der Waals surface area contributed by atoms with E-state index in [1.807, 2.05) is 0 Å². The van der Waals surface area contributed by atoms with E-state index in [0.29, 0.717) is 12.1 Å². The van der Waals surface area contributed by atoms with Gasteiger partial charge in [0.1, 0.15) is 10.6 Å². The average molecular weight is 656 g/mol. The molecule has 1 amide bonds. The smallest absolute Gasteiger partial charge is 0.435 e. The van der Waals surface area contributed by atoms with Gasteiger partial charge in [-0.3, -0.25) is 9.59 Å². The third-order valence-corrected chi connectivity index (χ3v) is 11.5. The van der Waals surface area contributed by atoms with Crippen LogP contribution in [0.5, 0.6) is 0 Å². The van der Waals surface area contributed by atoms with Crippen molar-refractivity contribution in [1.82, 2.24) is 4.90 Å². The number of hydrogen-bond acceptors (Lipinski definition) is 4. The van der Waals surface area contributed by atoms with E-state index in [4.69, 9.17) is 0 Å². The lowest BCUT2D eigenvalue weighted by atomic mass is 9.71. The minimum Gasteiger partial charge on any atom is -0.481 e. The van der Waals surface area contributed by atoms with Crippen LogP contribution in [0.4, 0.5) is 35.1 Å². The molecular formula is C29H29F8NO5S. The summed E-state index contributed by atoms with van der Waals surface area (Å²) in [5.74, 6) is -2.86. The number of carbonyl (C=O) groups excluding carboxylic acids is 1. The highest BCUT2D eigenvalue weighted by atomic mass is 32.2. The number of carboxylic acid groups (broad SMARTS) is 1. The van der Waals surface area contributed by atoms with E-state index >= 15 is 0 Å². The summed E-state index contributed by atoms with van der Waals surface area (Å²) in [7, 11) is -4.61. The predicted molar refractivity (Wildman–Crippen MR) is 140 cm³/mol. The third kappa shape index (κ3) is 5.34. The Morgan fingerprint density at radius 1 is 0.909 bits per heavy atom. The minimum absolute atomic E-state index is 0.0530. The standard InChI is InChI=1S/C29H29F8NO5S/c1-17-15-21(7-8-22(17)30)44(42,43)26(19-3-5-20(6-4-19)27(31,28(32,33)34)29(35,36)37)13-14-38(16-26)24(41)25(2)11-9-18(10-12-25)23(39)40/h3-8,15,18H,9-14,16H2,1-2H3,(H,39,40)/t18?,25?,26-/m0/s1. The molecule has 15 heteroatoms. The first-order valence-electron chi connectivity index (χ1n) is 13.6. The zero-order chi connectivity index (χ0) is 33.1. The van der Waals surface area contributed by atoms with Crippen LogP contribution in [0.1, 0.15) is 55.7 Å². The van der Waals surface area contributed by atoms with Crippen molar-refractivity contribution in [3.05, 3.63) is 65.0 Å². The Labute approximate surface area is 248 Å². The Bertz CT molecular complexity index is 1530. The van der Waals surface area contributed by atoms with Gasteiger partial charge >= 0.3 is 24.0 Å². The molecule has 1 aliphatic heterocycles. The second kappa shape index (κ2) is 11.0. The highest BCUT2D eigenvalue weighted by molar-refractivity contribution is 7.92. The summed E-state index contributed by atoms with van der Waals surface area (Å²) in [5.41, 5.74) is -8.93. The van der Waals surface area contributed by atoms with Crippen LogP contribution in [-0.4, -0.2) is 55.7 Å². The maximum Gasteiger partial charge on any atom is 0.435 e. The lowest BCUT2D eigenvalue weighted by Crippen LogP contribution is -2.50. The molecule has 2 fully saturated rings. The number of aliphatic carboxylic acids is 1. The van der Waals surface area contributed by atoms with Crippen molar-refractivity contribution < 1.29 is 58.2 Å². The molecule has 1 heterocycles. The molecule has 1 aliphatic carbocycles. The summed E-state index contributed by atoms with van der Waals surface area (Å²) < 4.78 is 135. The van der Waals surface area contributed by atoms with Crippen molar-refractivity contribution in [2.24, 2.45) is 11.3 Å². The zero-order valence-electron chi connectivity index (χ0n) is 23.5. The van der Waals surface area contributed by atoms with Crippen molar-refractivity contribution in [3.63, 3.8) is 0 Å². The highest BCUT2D eigenvalue weighted by Gasteiger charge is 2.73. The second-order valence-electron chi connectivity index (χ2n) is 11.8. The van der Waals surface area contributed by atoms with Crippen LogP contribution < -0.4 is 0 Å². The van der Waals surface area contributed by atoms with Gasteiger partial charge in [0, 0.05) is 24.1 Å². The quantitative estimate of drug-likeness (QED) is 0.280. The summed E-state index contributed by atoms with van der Waals surface area (Å²) in [5, 5.41) is 9.31. The Hall–Kier alpha value is -3.23.